The standard InChI is InChI=1S/C12H23NO3/c1-2-3-7-11(13)12(14)16-9-10-6-4-5-8-15-10/h10-11H,2-9,13H2,1H3/t10?,11-/m0/s1. The van der Waals surface area contributed by atoms with Gasteiger partial charge in [0.05, 0.1) is 6.10 Å². The predicted octanol–water partition coefficient (Wildman–Crippen LogP) is 1.62. The zero-order chi connectivity index (χ0) is 11.8. The molecule has 0 saturated carbocycles. The molecule has 0 bridgehead atoms. The number of nitrogens with two attached hydrogens (primary N) is 1. The van der Waals surface area contributed by atoms with Crippen molar-refractivity contribution in [2.45, 2.75) is 57.6 Å². The molecular weight excluding hydrogens is 206 g/mol. The number of ether oxygens (including phenoxy) is 2. The minimum absolute atomic E-state index is 0.0797. The van der Waals surface area contributed by atoms with Crippen molar-refractivity contribution in [3.63, 3.8) is 0 Å². The Labute approximate surface area is 97.5 Å². The Balaban J connectivity index is 2.12. The molecule has 0 spiro atoms. The summed E-state index contributed by atoms with van der Waals surface area (Å²) in [6.07, 6.45) is 6.06. The fraction of sp³-hybridized carbons (Fsp3) is 0.917. The molecule has 1 fully saturated rings. The Morgan fingerprint density at radius 1 is 1.56 bits per heavy atom. The van der Waals surface area contributed by atoms with E-state index in [4.69, 9.17) is 15.2 Å². The van der Waals surface area contributed by atoms with E-state index >= 15 is 0 Å². The molecule has 1 saturated heterocycles. The summed E-state index contributed by atoms with van der Waals surface area (Å²) in [6.45, 7) is 3.22. The molecular formula is C12H23NO3. The van der Waals surface area contributed by atoms with Gasteiger partial charge >= 0.3 is 5.97 Å². The molecule has 0 aromatic heterocycles. The first kappa shape index (κ1) is 13.5. The third-order valence-corrected chi connectivity index (χ3v) is 2.86. The van der Waals surface area contributed by atoms with E-state index in [-0.39, 0.29) is 12.1 Å². The van der Waals surface area contributed by atoms with Crippen LogP contribution in [0.2, 0.25) is 0 Å². The summed E-state index contributed by atoms with van der Waals surface area (Å²) in [4.78, 5) is 11.5. The summed E-state index contributed by atoms with van der Waals surface area (Å²) in [5.74, 6) is -0.289. The molecule has 1 rings (SSSR count). The van der Waals surface area contributed by atoms with E-state index in [1.807, 2.05) is 0 Å². The van der Waals surface area contributed by atoms with E-state index in [1.54, 1.807) is 0 Å². The molecule has 0 amide bonds. The van der Waals surface area contributed by atoms with Crippen molar-refractivity contribution < 1.29 is 14.3 Å². The van der Waals surface area contributed by atoms with E-state index in [2.05, 4.69) is 6.92 Å². The Morgan fingerprint density at radius 2 is 2.38 bits per heavy atom. The average molecular weight is 229 g/mol. The van der Waals surface area contributed by atoms with Crippen molar-refractivity contribution in [2.75, 3.05) is 13.2 Å². The normalized spacial score (nSPS) is 22.8. The quantitative estimate of drug-likeness (QED) is 0.703. The Bertz CT molecular complexity index is 202. The highest BCUT2D eigenvalue weighted by molar-refractivity contribution is 5.75. The minimum atomic E-state index is -0.469. The van der Waals surface area contributed by atoms with Gasteiger partial charge in [0.25, 0.3) is 0 Å². The summed E-state index contributed by atoms with van der Waals surface area (Å²) in [5, 5.41) is 0. The molecule has 2 N–H and O–H groups in total. The van der Waals surface area contributed by atoms with Gasteiger partial charge in [0.2, 0.25) is 0 Å². The average Bonchev–Trinajstić information content (AvgIpc) is 2.34. The molecule has 1 aliphatic rings. The van der Waals surface area contributed by atoms with Gasteiger partial charge in [0.15, 0.2) is 0 Å². The van der Waals surface area contributed by atoms with Crippen molar-refractivity contribution in [1.82, 2.24) is 0 Å². The lowest BCUT2D eigenvalue weighted by Crippen LogP contribution is -2.35. The van der Waals surface area contributed by atoms with Gasteiger partial charge in [-0.15, -0.1) is 0 Å². The maximum atomic E-state index is 11.5. The molecule has 0 aromatic carbocycles. The Kier molecular flexibility index (Phi) is 6.42. The number of unbranched alkanes of at least 4 members (excludes halogenated alkanes) is 1. The molecule has 1 heterocycles. The maximum Gasteiger partial charge on any atom is 0.322 e. The number of hydrogen-bond donors (Lipinski definition) is 1. The van der Waals surface area contributed by atoms with Crippen LogP contribution in [0.5, 0.6) is 0 Å². The van der Waals surface area contributed by atoms with Crippen LogP contribution in [0.15, 0.2) is 0 Å². The second kappa shape index (κ2) is 7.63. The molecule has 94 valence electrons. The fourth-order valence-electron chi connectivity index (χ4n) is 1.76. The fourth-order valence-corrected chi connectivity index (χ4v) is 1.76. The van der Waals surface area contributed by atoms with Crippen LogP contribution in [-0.2, 0) is 14.3 Å². The van der Waals surface area contributed by atoms with Gasteiger partial charge in [-0.2, -0.15) is 0 Å². The minimum Gasteiger partial charge on any atom is -0.462 e. The molecule has 1 aliphatic heterocycles. The van der Waals surface area contributed by atoms with Crippen molar-refractivity contribution in [3.05, 3.63) is 0 Å². The van der Waals surface area contributed by atoms with Gasteiger partial charge < -0.3 is 15.2 Å². The lowest BCUT2D eigenvalue weighted by Gasteiger charge is -2.22. The monoisotopic (exact) mass is 229 g/mol. The number of carbonyl (C=O) groups excluding carboxylic acids is 1. The number of rotatable bonds is 6. The summed E-state index contributed by atoms with van der Waals surface area (Å²) in [7, 11) is 0. The number of esters is 1. The van der Waals surface area contributed by atoms with Crippen LogP contribution < -0.4 is 5.73 Å². The molecule has 4 heteroatoms. The summed E-state index contributed by atoms with van der Waals surface area (Å²) in [6, 6.07) is -0.469. The first-order valence-electron chi connectivity index (χ1n) is 6.28. The second-order valence-electron chi connectivity index (χ2n) is 4.37. The zero-order valence-electron chi connectivity index (χ0n) is 10.1. The first-order chi connectivity index (χ1) is 7.74. The van der Waals surface area contributed by atoms with Gasteiger partial charge in [-0.25, -0.2) is 0 Å². The SMILES string of the molecule is CCCC[C@H](N)C(=O)OCC1CCCCO1. The smallest absolute Gasteiger partial charge is 0.322 e. The van der Waals surface area contributed by atoms with E-state index in [1.165, 1.54) is 0 Å². The molecule has 0 radical (unpaired) electrons. The van der Waals surface area contributed by atoms with Gasteiger partial charge in [0, 0.05) is 6.61 Å². The highest BCUT2D eigenvalue weighted by atomic mass is 16.6. The summed E-state index contributed by atoms with van der Waals surface area (Å²) in [5.41, 5.74) is 5.70. The highest BCUT2D eigenvalue weighted by Crippen LogP contribution is 2.13. The number of carbonyl (C=O) groups is 1. The topological polar surface area (TPSA) is 61.6 Å². The van der Waals surface area contributed by atoms with Gasteiger partial charge in [-0.1, -0.05) is 19.8 Å². The number of hydrogen-bond acceptors (Lipinski definition) is 4. The Morgan fingerprint density at radius 3 is 3.00 bits per heavy atom. The van der Waals surface area contributed by atoms with Crippen LogP contribution in [0, 0.1) is 0 Å². The van der Waals surface area contributed by atoms with Crippen LogP contribution in [-0.4, -0.2) is 31.3 Å². The lowest BCUT2D eigenvalue weighted by molar-refractivity contribution is -0.150. The van der Waals surface area contributed by atoms with E-state index in [0.717, 1.165) is 38.7 Å². The first-order valence-corrected chi connectivity index (χ1v) is 6.28. The maximum absolute atomic E-state index is 11.5. The molecule has 0 aliphatic carbocycles. The lowest BCUT2D eigenvalue weighted by atomic mass is 10.1. The second-order valence-corrected chi connectivity index (χ2v) is 4.37. The third kappa shape index (κ3) is 4.94. The van der Waals surface area contributed by atoms with Crippen LogP contribution in [0.3, 0.4) is 0 Å². The largest absolute Gasteiger partial charge is 0.462 e. The molecule has 16 heavy (non-hydrogen) atoms. The van der Waals surface area contributed by atoms with Gasteiger partial charge in [0.1, 0.15) is 12.6 Å². The Hall–Kier alpha value is -0.610. The van der Waals surface area contributed by atoms with Crippen molar-refractivity contribution in [1.29, 1.82) is 0 Å². The van der Waals surface area contributed by atoms with Crippen LogP contribution in [0.25, 0.3) is 0 Å². The van der Waals surface area contributed by atoms with Gasteiger partial charge in [-0.05, 0) is 25.7 Å². The van der Waals surface area contributed by atoms with Crippen LogP contribution in [0.4, 0.5) is 0 Å². The van der Waals surface area contributed by atoms with E-state index in [9.17, 15) is 4.79 Å². The van der Waals surface area contributed by atoms with E-state index < -0.39 is 6.04 Å². The van der Waals surface area contributed by atoms with Gasteiger partial charge in [-0.3, -0.25) is 4.79 Å². The zero-order valence-corrected chi connectivity index (χ0v) is 10.1. The molecule has 0 aromatic rings. The molecule has 4 nitrogen and oxygen atoms in total. The van der Waals surface area contributed by atoms with Crippen LogP contribution >= 0.6 is 0 Å². The molecule has 1 unspecified atom stereocenters. The summed E-state index contributed by atoms with van der Waals surface area (Å²) < 4.78 is 10.6. The highest BCUT2D eigenvalue weighted by Gasteiger charge is 2.19. The molecule has 2 atom stereocenters. The van der Waals surface area contributed by atoms with Crippen LogP contribution in [0.1, 0.15) is 45.4 Å². The van der Waals surface area contributed by atoms with Crippen molar-refractivity contribution in [3.8, 4) is 0 Å². The third-order valence-electron chi connectivity index (χ3n) is 2.86. The van der Waals surface area contributed by atoms with E-state index in [0.29, 0.717) is 13.0 Å². The van der Waals surface area contributed by atoms with Crippen molar-refractivity contribution in [2.24, 2.45) is 5.73 Å². The summed E-state index contributed by atoms with van der Waals surface area (Å²) >= 11 is 0. The predicted molar refractivity (Wildman–Crippen MR) is 62.1 cm³/mol. The van der Waals surface area contributed by atoms with Crippen molar-refractivity contribution >= 4 is 5.97 Å².